The molecule has 0 aliphatic rings. The number of nitrogens with zero attached hydrogens (tertiary/aromatic N) is 4. The SMILES string of the molecule is COc1ccc(CN=Nc2c(O)c(O)c(N=NCc3ccc(OC)cc3)c3cc(S(N)(=O)=O)ccc23)cc1. The average Bonchev–Trinajstić information content (AvgIpc) is 2.92. The molecule has 0 aromatic heterocycles. The summed E-state index contributed by atoms with van der Waals surface area (Å²) in [6.45, 7) is 0.341. The fourth-order valence-corrected chi connectivity index (χ4v) is 4.16. The summed E-state index contributed by atoms with van der Waals surface area (Å²) in [6.07, 6.45) is 0. The molecule has 0 aliphatic carbocycles. The first-order valence-corrected chi connectivity index (χ1v) is 12.8. The van der Waals surface area contributed by atoms with Crippen LogP contribution in [0.1, 0.15) is 11.1 Å². The van der Waals surface area contributed by atoms with Crippen molar-refractivity contribution in [2.75, 3.05) is 14.2 Å². The van der Waals surface area contributed by atoms with Gasteiger partial charge < -0.3 is 19.7 Å². The molecule has 0 aliphatic heterocycles. The molecule has 38 heavy (non-hydrogen) atoms. The van der Waals surface area contributed by atoms with E-state index in [2.05, 4.69) is 20.5 Å². The third-order valence-corrected chi connectivity index (χ3v) is 6.58. The van der Waals surface area contributed by atoms with Crippen LogP contribution in [0.4, 0.5) is 11.4 Å². The molecule has 0 heterocycles. The van der Waals surface area contributed by atoms with Gasteiger partial charge in [0.25, 0.3) is 0 Å². The number of hydrogen-bond donors (Lipinski definition) is 3. The molecule has 4 N–H and O–H groups in total. The van der Waals surface area contributed by atoms with Crippen LogP contribution in [0, 0.1) is 0 Å². The van der Waals surface area contributed by atoms with Crippen molar-refractivity contribution in [2.24, 2.45) is 25.6 Å². The molecule has 12 heteroatoms. The number of azo groups is 2. The zero-order chi connectivity index (χ0) is 27.3. The molecule has 4 aromatic carbocycles. The number of hydrogen-bond acceptors (Lipinski definition) is 10. The molecule has 196 valence electrons. The van der Waals surface area contributed by atoms with Gasteiger partial charge in [-0.15, -0.1) is 0 Å². The number of fused-ring (bicyclic) bond motifs is 1. The van der Waals surface area contributed by atoms with E-state index >= 15 is 0 Å². The van der Waals surface area contributed by atoms with Crippen LogP contribution in [0.25, 0.3) is 10.8 Å². The number of phenols is 2. The minimum atomic E-state index is -4.07. The highest BCUT2D eigenvalue weighted by Crippen LogP contribution is 2.50. The summed E-state index contributed by atoms with van der Waals surface area (Å²) >= 11 is 0. The fraction of sp³-hybridized carbons (Fsp3) is 0.154. The molecule has 0 unspecified atom stereocenters. The number of ether oxygens (including phenoxy) is 2. The van der Waals surface area contributed by atoms with Crippen LogP contribution in [-0.4, -0.2) is 32.9 Å². The smallest absolute Gasteiger partial charge is 0.238 e. The van der Waals surface area contributed by atoms with Crippen molar-refractivity contribution in [3.8, 4) is 23.0 Å². The normalized spacial score (nSPS) is 12.0. The maximum Gasteiger partial charge on any atom is 0.238 e. The molecular formula is C26H25N5O6S. The first-order chi connectivity index (χ1) is 18.2. The quantitative estimate of drug-likeness (QED) is 0.189. The van der Waals surface area contributed by atoms with Gasteiger partial charge in [0.15, 0.2) is 11.5 Å². The second-order valence-corrected chi connectivity index (χ2v) is 9.70. The second-order valence-electron chi connectivity index (χ2n) is 8.14. The molecule has 4 aromatic rings. The van der Waals surface area contributed by atoms with E-state index in [9.17, 15) is 18.6 Å². The maximum absolute atomic E-state index is 12.0. The molecule has 0 saturated carbocycles. The van der Waals surface area contributed by atoms with Crippen LogP contribution in [-0.2, 0) is 23.1 Å². The highest BCUT2D eigenvalue weighted by molar-refractivity contribution is 7.89. The van der Waals surface area contributed by atoms with Crippen molar-refractivity contribution in [3.05, 3.63) is 77.9 Å². The Morgan fingerprint density at radius 1 is 0.711 bits per heavy atom. The van der Waals surface area contributed by atoms with Gasteiger partial charge in [0.05, 0.1) is 32.2 Å². The number of sulfonamides is 1. The number of phenolic OH excluding ortho intramolecular Hbond substituents is 2. The number of rotatable bonds is 9. The Bertz CT molecular complexity index is 1620. The highest BCUT2D eigenvalue weighted by atomic mass is 32.2. The van der Waals surface area contributed by atoms with Crippen LogP contribution in [0.15, 0.2) is 92.1 Å². The van der Waals surface area contributed by atoms with Crippen molar-refractivity contribution in [2.45, 2.75) is 18.0 Å². The van der Waals surface area contributed by atoms with Crippen LogP contribution in [0.3, 0.4) is 0 Å². The summed E-state index contributed by atoms with van der Waals surface area (Å²) in [7, 11) is -0.937. The molecular weight excluding hydrogens is 510 g/mol. The number of primary sulfonamides is 1. The van der Waals surface area contributed by atoms with Gasteiger partial charge in [-0.1, -0.05) is 30.3 Å². The zero-order valence-electron chi connectivity index (χ0n) is 20.6. The van der Waals surface area contributed by atoms with Crippen molar-refractivity contribution >= 4 is 32.2 Å². The van der Waals surface area contributed by atoms with E-state index in [4.69, 9.17) is 14.6 Å². The third kappa shape index (κ3) is 5.88. The van der Waals surface area contributed by atoms with Gasteiger partial charge >= 0.3 is 0 Å². The number of methoxy groups -OCH3 is 2. The summed E-state index contributed by atoms with van der Waals surface area (Å²) in [5, 5.41) is 43.8. The topological polar surface area (TPSA) is 169 Å². The molecule has 11 nitrogen and oxygen atoms in total. The van der Waals surface area contributed by atoms with Crippen LogP contribution < -0.4 is 14.6 Å². The number of benzene rings is 4. The third-order valence-electron chi connectivity index (χ3n) is 5.67. The monoisotopic (exact) mass is 535 g/mol. The second kappa shape index (κ2) is 11.2. The summed E-state index contributed by atoms with van der Waals surface area (Å²) in [5.74, 6) is 0.187. The van der Waals surface area contributed by atoms with E-state index < -0.39 is 21.5 Å². The van der Waals surface area contributed by atoms with Crippen LogP contribution in [0.5, 0.6) is 23.0 Å². The van der Waals surface area contributed by atoms with E-state index in [1.54, 1.807) is 50.6 Å². The lowest BCUT2D eigenvalue weighted by molar-refractivity contribution is 0.406. The molecule has 0 atom stereocenters. The van der Waals surface area contributed by atoms with Gasteiger partial charge in [-0.2, -0.15) is 20.5 Å². The Morgan fingerprint density at radius 3 is 1.58 bits per heavy atom. The van der Waals surface area contributed by atoms with Gasteiger partial charge in [0.1, 0.15) is 22.9 Å². The minimum Gasteiger partial charge on any atom is -0.503 e. The molecule has 0 fully saturated rings. The summed E-state index contributed by atoms with van der Waals surface area (Å²) < 4.78 is 34.3. The average molecular weight is 536 g/mol. The van der Waals surface area contributed by atoms with Gasteiger partial charge in [-0.05, 0) is 47.5 Å². The summed E-state index contributed by atoms with van der Waals surface area (Å²) in [5.41, 5.74) is 1.46. The Hall–Kier alpha value is -4.55. The van der Waals surface area contributed by atoms with Crippen molar-refractivity contribution < 1.29 is 28.1 Å². The van der Waals surface area contributed by atoms with E-state index in [-0.39, 0.29) is 34.7 Å². The van der Waals surface area contributed by atoms with Crippen LogP contribution >= 0.6 is 0 Å². The van der Waals surface area contributed by atoms with E-state index in [0.717, 1.165) is 11.1 Å². The molecule has 0 bridgehead atoms. The zero-order valence-corrected chi connectivity index (χ0v) is 21.4. The maximum atomic E-state index is 12.0. The van der Waals surface area contributed by atoms with Crippen LogP contribution in [0.2, 0.25) is 0 Å². The van der Waals surface area contributed by atoms with Gasteiger partial charge in [0.2, 0.25) is 10.0 Å². The summed E-state index contributed by atoms with van der Waals surface area (Å²) in [4.78, 5) is -0.206. The lowest BCUT2D eigenvalue weighted by atomic mass is 10.1. The van der Waals surface area contributed by atoms with Gasteiger partial charge in [0, 0.05) is 10.8 Å². The standard InChI is InChI=1S/C26H25N5O6S/c1-36-18-7-3-16(4-8-18)14-28-30-23-21-12-11-20(38(27,34)35)13-22(21)24(26(33)25(23)32)31-29-15-17-5-9-19(37-2)10-6-17/h3-13,32-33H,14-15H2,1-2H3,(H2,27,34,35). The van der Waals surface area contributed by atoms with E-state index in [1.807, 2.05) is 12.1 Å². The van der Waals surface area contributed by atoms with E-state index in [0.29, 0.717) is 16.9 Å². The highest BCUT2D eigenvalue weighted by Gasteiger charge is 2.21. The molecule has 4 rings (SSSR count). The Balaban J connectivity index is 1.73. The largest absolute Gasteiger partial charge is 0.503 e. The van der Waals surface area contributed by atoms with Gasteiger partial charge in [-0.25, -0.2) is 13.6 Å². The Labute approximate surface area is 218 Å². The first kappa shape index (κ1) is 26.5. The minimum absolute atomic E-state index is 0.0546. The van der Waals surface area contributed by atoms with E-state index in [1.165, 1.54) is 18.2 Å². The van der Waals surface area contributed by atoms with Crippen molar-refractivity contribution in [1.82, 2.24) is 0 Å². The summed E-state index contributed by atoms with van der Waals surface area (Å²) in [6, 6.07) is 18.3. The predicted octanol–water partition coefficient (Wildman–Crippen LogP) is 5.48. The lowest BCUT2D eigenvalue weighted by Gasteiger charge is -2.11. The molecule has 0 saturated heterocycles. The molecule has 0 radical (unpaired) electrons. The predicted molar refractivity (Wildman–Crippen MR) is 141 cm³/mol. The number of nitrogens with two attached hydrogens (primary N) is 1. The molecule has 0 amide bonds. The van der Waals surface area contributed by atoms with Crippen molar-refractivity contribution in [1.29, 1.82) is 0 Å². The molecule has 0 spiro atoms. The van der Waals surface area contributed by atoms with Crippen molar-refractivity contribution in [3.63, 3.8) is 0 Å². The first-order valence-electron chi connectivity index (χ1n) is 11.3. The Kier molecular flexibility index (Phi) is 7.84. The van der Waals surface area contributed by atoms with Gasteiger partial charge in [-0.3, -0.25) is 0 Å². The lowest BCUT2D eigenvalue weighted by Crippen LogP contribution is -2.11. The fourth-order valence-electron chi connectivity index (χ4n) is 3.62. The number of aromatic hydroxyl groups is 2. The Morgan fingerprint density at radius 2 is 1.16 bits per heavy atom.